The van der Waals surface area contributed by atoms with Crippen LogP contribution in [0.25, 0.3) is 78.3 Å². The van der Waals surface area contributed by atoms with Gasteiger partial charge in [-0.1, -0.05) is 282 Å². The molecule has 0 aliphatic heterocycles. The van der Waals surface area contributed by atoms with Crippen LogP contribution in [0.3, 0.4) is 0 Å². The summed E-state index contributed by atoms with van der Waals surface area (Å²) in [6, 6.07) is 153. The molecule has 6 aromatic heterocycles. The molecule has 2 N–H and O–H groups in total. The van der Waals surface area contributed by atoms with Gasteiger partial charge in [0.2, 0.25) is 0 Å². The molecular formula is C120H122BBrN12O2Pd-4. The third-order valence-corrected chi connectivity index (χ3v) is 21.7. The van der Waals surface area contributed by atoms with E-state index < -0.39 is 7.12 Å². The maximum absolute atomic E-state index is 9.06. The van der Waals surface area contributed by atoms with Crippen molar-refractivity contribution < 1.29 is 30.5 Å². The first kappa shape index (κ1) is 106. The second kappa shape index (κ2) is 60.7. The zero-order chi connectivity index (χ0) is 96.0. The van der Waals surface area contributed by atoms with Crippen LogP contribution < -0.4 is 15.3 Å². The van der Waals surface area contributed by atoms with Crippen LogP contribution in [-0.2, 0) is 20.4 Å². The standard InChI is InChI=1S/C24H30N6.C14H21BrN4.4C12H10.C10H11BN2O2.4C6H5.Pd/c1-6-12-28(13-7-2)22-16-18(4)26-24-23(19(5)27-30(22)24)21-10-9-20(15-17(21)3)29-14-8-11-25-29;1-5-7-18(8-6-2)12-9-10(3)16-14-13(15)11(4)17-19(12)14;4*1-3-7-11(8-4-1)12-9-5-2-6-10-12;1-8-7-9(13-6-2-5-12-13)3-4-10(8)11(14)15;4*1-2-4-6-5-3-1;/h8-11,14-16H,6-7,12-13H2,1-5H3;9H,5-8H2,1-4H3;4*1-10H;2-7,14-15H,1H3;4*1-5H;/q;;;;;;;4*-1;. The van der Waals surface area contributed by atoms with Crippen molar-refractivity contribution >= 4 is 51.4 Å². The molecule has 20 aromatic rings. The molecule has 0 aliphatic carbocycles. The first-order valence-corrected chi connectivity index (χ1v) is 47.0. The van der Waals surface area contributed by atoms with Crippen LogP contribution in [-0.4, -0.2) is 92.1 Å². The van der Waals surface area contributed by atoms with Crippen LogP contribution >= 0.6 is 15.9 Å². The molecule has 14 nitrogen and oxygen atoms in total. The molecule has 0 aliphatic rings. The van der Waals surface area contributed by atoms with Gasteiger partial charge in [-0.3, -0.25) is 0 Å². The van der Waals surface area contributed by atoms with Crippen LogP contribution in [0.1, 0.15) is 87.3 Å². The molecular weight excluding hydrogens is 1840 g/mol. The van der Waals surface area contributed by atoms with Gasteiger partial charge in [0.05, 0.1) is 27.2 Å². The number of benzene rings is 14. The van der Waals surface area contributed by atoms with Crippen molar-refractivity contribution in [3.8, 4) is 67.0 Å². The van der Waals surface area contributed by atoms with Gasteiger partial charge in [0.1, 0.15) is 11.6 Å². The molecule has 6 heterocycles. The quantitative estimate of drug-likeness (QED) is 0.0630. The van der Waals surface area contributed by atoms with E-state index in [1.54, 1.807) is 29.2 Å². The van der Waals surface area contributed by atoms with Crippen molar-refractivity contribution in [2.24, 2.45) is 0 Å². The predicted molar refractivity (Wildman–Crippen MR) is 572 cm³/mol. The summed E-state index contributed by atoms with van der Waals surface area (Å²) in [5, 5.41) is 36.1. The number of aryl methyl sites for hydroxylation is 6. The van der Waals surface area contributed by atoms with E-state index in [0.717, 1.165) is 125 Å². The number of aromatic nitrogens is 10. The zero-order valence-electron chi connectivity index (χ0n) is 79.9. The number of anilines is 2. The summed E-state index contributed by atoms with van der Waals surface area (Å²) in [6.07, 6.45) is 11.8. The molecule has 0 saturated heterocycles. The van der Waals surface area contributed by atoms with Crippen molar-refractivity contribution in [1.82, 2.24) is 48.8 Å². The second-order valence-electron chi connectivity index (χ2n) is 31.4. The largest absolute Gasteiger partial charge is 0.488 e. The van der Waals surface area contributed by atoms with Gasteiger partial charge in [-0.05, 0) is 186 Å². The van der Waals surface area contributed by atoms with E-state index in [1.165, 1.54) is 55.6 Å². The van der Waals surface area contributed by atoms with Crippen LogP contribution in [0.4, 0.5) is 11.6 Å². The molecule has 0 radical (unpaired) electrons. The van der Waals surface area contributed by atoms with Gasteiger partial charge < -0.3 is 19.8 Å². The molecule has 20 rings (SSSR count). The summed E-state index contributed by atoms with van der Waals surface area (Å²) in [5.74, 6) is 2.27. The SMILES string of the molecule is CCCN(CCC)c1cc(C)nc2c(-c3ccc(-n4cccn4)cc3C)c(C)nn12.CCCN(CCC)c1cc(C)nc2c(Br)c(C)nn12.Cc1cc(-n2cccn2)ccc1B(O)O.[Pd].[c-]1ccccc1.[c-]1ccccc1.[c-]1ccccc1.[c-]1ccccc1.c1ccc(-c2ccccc2)cc1.c1ccc(-c2ccccc2)cc1.c1ccc(-c2ccccc2)cc1.c1ccc(-c2ccccc2)cc1. The molecule has 0 bridgehead atoms. The zero-order valence-corrected chi connectivity index (χ0v) is 83.1. The minimum atomic E-state index is -1.42. The molecule has 0 amide bonds. The molecule has 0 unspecified atom stereocenters. The molecule has 17 heteroatoms. The normalized spacial score (nSPS) is 9.96. The Bertz CT molecular complexity index is 5860. The van der Waals surface area contributed by atoms with E-state index in [9.17, 15) is 0 Å². The first-order valence-electron chi connectivity index (χ1n) is 46.2. The van der Waals surface area contributed by atoms with E-state index in [4.69, 9.17) is 20.1 Å². The molecule has 0 spiro atoms. The molecule has 0 fully saturated rings. The molecule has 698 valence electrons. The van der Waals surface area contributed by atoms with Crippen LogP contribution in [0.2, 0.25) is 0 Å². The third kappa shape index (κ3) is 35.3. The van der Waals surface area contributed by atoms with Crippen molar-refractivity contribution in [3.05, 3.63) is 512 Å². The summed E-state index contributed by atoms with van der Waals surface area (Å²) < 4.78 is 8.58. The molecule has 137 heavy (non-hydrogen) atoms. The summed E-state index contributed by atoms with van der Waals surface area (Å²) in [5.41, 5.74) is 22.8. The number of halogens is 1. The number of rotatable bonds is 18. The van der Waals surface area contributed by atoms with Crippen LogP contribution in [0.15, 0.2) is 454 Å². The van der Waals surface area contributed by atoms with E-state index in [2.05, 4.69) is 343 Å². The van der Waals surface area contributed by atoms with Gasteiger partial charge in [0.25, 0.3) is 0 Å². The summed E-state index contributed by atoms with van der Waals surface area (Å²) in [7, 11) is -1.42. The molecule has 14 aromatic carbocycles. The number of hydrogen-bond acceptors (Lipinski definition) is 10. The average Bonchev–Trinajstić information content (AvgIpc) is 1.61. The van der Waals surface area contributed by atoms with Gasteiger partial charge in [-0.2, -0.15) is 175 Å². The minimum absolute atomic E-state index is 0. The van der Waals surface area contributed by atoms with E-state index >= 15 is 0 Å². The van der Waals surface area contributed by atoms with Crippen molar-refractivity contribution in [3.63, 3.8) is 0 Å². The average molecular weight is 1960 g/mol. The Labute approximate surface area is 834 Å². The van der Waals surface area contributed by atoms with Crippen molar-refractivity contribution in [1.29, 1.82) is 0 Å². The fourth-order valence-electron chi connectivity index (χ4n) is 14.4. The summed E-state index contributed by atoms with van der Waals surface area (Å²) in [6.45, 7) is 25.1. The van der Waals surface area contributed by atoms with E-state index in [-0.39, 0.29) is 20.4 Å². The van der Waals surface area contributed by atoms with Gasteiger partial charge >= 0.3 is 7.12 Å². The number of fused-ring (bicyclic) bond motifs is 2. The summed E-state index contributed by atoms with van der Waals surface area (Å²) in [4.78, 5) is 14.3. The Kier molecular flexibility index (Phi) is 47.0. The topological polar surface area (TPSA) is 143 Å². The van der Waals surface area contributed by atoms with Gasteiger partial charge in [-0.15, -0.1) is 0 Å². The fraction of sp³-hybridized carbons (Fsp3) is 0.150. The Morgan fingerprint density at radius 3 is 0.832 bits per heavy atom. The number of hydrogen-bond donors (Lipinski definition) is 2. The first-order chi connectivity index (χ1) is 66.7. The molecule has 0 atom stereocenters. The maximum Gasteiger partial charge on any atom is 0.488 e. The third-order valence-electron chi connectivity index (χ3n) is 20.8. The van der Waals surface area contributed by atoms with Crippen LogP contribution in [0, 0.1) is 65.8 Å². The number of nitrogens with zero attached hydrogens (tertiary/aromatic N) is 12. The fourth-order valence-corrected chi connectivity index (χ4v) is 14.7. The van der Waals surface area contributed by atoms with Crippen LogP contribution in [0.5, 0.6) is 0 Å². The molecule has 0 saturated carbocycles. The monoisotopic (exact) mass is 1960 g/mol. The van der Waals surface area contributed by atoms with E-state index in [1.807, 2.05) is 235 Å². The Morgan fingerprint density at radius 1 is 0.314 bits per heavy atom. The smallest absolute Gasteiger partial charge is 0.423 e. The van der Waals surface area contributed by atoms with Gasteiger partial charge in [0.15, 0.2) is 11.3 Å². The maximum atomic E-state index is 9.06. The van der Waals surface area contributed by atoms with E-state index in [0.29, 0.717) is 5.46 Å². The Hall–Kier alpha value is -14.5. The Morgan fingerprint density at radius 2 is 0.584 bits per heavy atom. The minimum Gasteiger partial charge on any atom is -0.423 e. The van der Waals surface area contributed by atoms with Crippen molar-refractivity contribution in [2.75, 3.05) is 36.0 Å². The summed E-state index contributed by atoms with van der Waals surface area (Å²) >= 11 is 3.58. The van der Waals surface area contributed by atoms with Gasteiger partial charge in [0, 0.05) is 100 Å². The predicted octanol–water partition coefficient (Wildman–Crippen LogP) is 28.1. The Balaban J connectivity index is 0.000000175. The van der Waals surface area contributed by atoms with Gasteiger partial charge in [-0.25, -0.2) is 19.3 Å². The second-order valence-corrected chi connectivity index (χ2v) is 32.2. The van der Waals surface area contributed by atoms with Crippen molar-refractivity contribution in [2.45, 2.75) is 94.9 Å².